The second kappa shape index (κ2) is 11.7. The predicted octanol–water partition coefficient (Wildman–Crippen LogP) is 8.13. The molecule has 0 aromatic heterocycles. The van der Waals surface area contributed by atoms with Crippen LogP contribution in [0.3, 0.4) is 0 Å². The molecule has 1 aliphatic carbocycles. The summed E-state index contributed by atoms with van der Waals surface area (Å²) in [6.07, 6.45) is 6.50. The Bertz CT molecular complexity index is 821. The van der Waals surface area contributed by atoms with Crippen molar-refractivity contribution >= 4 is 0 Å². The summed E-state index contributed by atoms with van der Waals surface area (Å²) < 4.78 is 12.0. The minimum absolute atomic E-state index is 0.251. The monoisotopic (exact) mass is 438 g/mol. The Morgan fingerprint density at radius 3 is 2.06 bits per heavy atom. The van der Waals surface area contributed by atoms with Crippen LogP contribution in [0.2, 0.25) is 0 Å². The zero-order chi connectivity index (χ0) is 23.1. The molecule has 0 heterocycles. The zero-order valence-electron chi connectivity index (χ0n) is 20.6. The lowest BCUT2D eigenvalue weighted by Gasteiger charge is -2.30. The summed E-state index contributed by atoms with van der Waals surface area (Å²) >= 11 is 0. The molecule has 0 saturated heterocycles. The number of hydrogen-bond acceptors (Lipinski definition) is 3. The molecule has 0 bridgehead atoms. The third-order valence-electron chi connectivity index (χ3n) is 7.45. The summed E-state index contributed by atoms with van der Waals surface area (Å²) in [5.41, 5.74) is 3.83. The maximum absolute atomic E-state index is 10.4. The third-order valence-corrected chi connectivity index (χ3v) is 7.45. The molecule has 1 saturated carbocycles. The van der Waals surface area contributed by atoms with E-state index in [9.17, 15) is 5.11 Å². The molecule has 1 N–H and O–H groups in total. The lowest BCUT2D eigenvalue weighted by Crippen LogP contribution is -2.23. The van der Waals surface area contributed by atoms with Gasteiger partial charge < -0.3 is 14.6 Å². The smallest absolute Gasteiger partial charge is 0.196 e. The van der Waals surface area contributed by atoms with Gasteiger partial charge >= 0.3 is 0 Å². The van der Waals surface area contributed by atoms with E-state index in [1.807, 2.05) is 25.1 Å². The molecule has 2 aromatic rings. The molecule has 0 aliphatic heterocycles. The number of ether oxygens (including phenoxy) is 2. The molecule has 3 nitrogen and oxygen atoms in total. The van der Waals surface area contributed by atoms with E-state index < -0.39 is 0 Å². The summed E-state index contributed by atoms with van der Waals surface area (Å²) in [5.74, 6) is 3.44. The van der Waals surface area contributed by atoms with E-state index in [1.54, 1.807) is 0 Å². The van der Waals surface area contributed by atoms with E-state index in [2.05, 4.69) is 52.0 Å². The van der Waals surface area contributed by atoms with Gasteiger partial charge in [-0.25, -0.2) is 0 Å². The van der Waals surface area contributed by atoms with Gasteiger partial charge in [0, 0.05) is 0 Å². The van der Waals surface area contributed by atoms with Crippen LogP contribution >= 0.6 is 0 Å². The largest absolute Gasteiger partial charge is 0.508 e. The molecule has 2 aromatic carbocycles. The lowest BCUT2D eigenvalue weighted by molar-refractivity contribution is -0.0824. The summed E-state index contributed by atoms with van der Waals surface area (Å²) in [7, 11) is 0. The molecule has 176 valence electrons. The number of phenols is 1. The highest BCUT2D eigenvalue weighted by Gasteiger charge is 2.25. The minimum Gasteiger partial charge on any atom is -0.508 e. The van der Waals surface area contributed by atoms with Crippen molar-refractivity contribution in [2.45, 2.75) is 97.2 Å². The van der Waals surface area contributed by atoms with E-state index in [0.29, 0.717) is 29.4 Å². The Balaban J connectivity index is 1.45. The van der Waals surface area contributed by atoms with Crippen molar-refractivity contribution in [3.8, 4) is 11.5 Å². The van der Waals surface area contributed by atoms with Crippen LogP contribution in [-0.2, 0) is 4.74 Å². The summed E-state index contributed by atoms with van der Waals surface area (Å²) in [6.45, 7) is 11.7. The number of hydrogen-bond donors (Lipinski definition) is 1. The predicted molar refractivity (Wildman–Crippen MR) is 133 cm³/mol. The van der Waals surface area contributed by atoms with Gasteiger partial charge in [0.1, 0.15) is 11.5 Å². The molecular formula is C29H42O3. The fraction of sp³-hybridized carbons (Fsp3) is 0.586. The first-order valence-corrected chi connectivity index (χ1v) is 12.6. The van der Waals surface area contributed by atoms with Crippen LogP contribution in [-0.4, -0.2) is 18.0 Å². The molecule has 32 heavy (non-hydrogen) atoms. The second-order valence-corrected chi connectivity index (χ2v) is 9.74. The molecular weight excluding hydrogens is 396 g/mol. The molecule has 1 fully saturated rings. The van der Waals surface area contributed by atoms with Crippen LogP contribution in [0.4, 0.5) is 0 Å². The fourth-order valence-corrected chi connectivity index (χ4v) is 4.69. The Hall–Kier alpha value is -2.00. The van der Waals surface area contributed by atoms with Gasteiger partial charge in [0.2, 0.25) is 0 Å². The maximum atomic E-state index is 10.4. The minimum atomic E-state index is -0.251. The Morgan fingerprint density at radius 2 is 1.44 bits per heavy atom. The fourth-order valence-electron chi connectivity index (χ4n) is 4.69. The zero-order valence-corrected chi connectivity index (χ0v) is 20.6. The standard InChI is InChI=1S/C29H42O3/c1-6-20(3)24-12-15-27(16-13-24)32-22(5)31-19-23-8-10-25(11-9-23)28-18-26(21(4)7-2)14-17-29(28)30/h12-18,20-23,25,30H,6-11,19H2,1-5H3. The van der Waals surface area contributed by atoms with Crippen LogP contribution in [0.1, 0.15) is 108 Å². The van der Waals surface area contributed by atoms with Gasteiger partial charge in [0.05, 0.1) is 6.61 Å². The van der Waals surface area contributed by atoms with Gasteiger partial charge in [-0.2, -0.15) is 0 Å². The van der Waals surface area contributed by atoms with Crippen molar-refractivity contribution in [2.24, 2.45) is 5.92 Å². The molecule has 0 spiro atoms. The molecule has 3 rings (SSSR count). The van der Waals surface area contributed by atoms with Crippen molar-refractivity contribution in [1.29, 1.82) is 0 Å². The van der Waals surface area contributed by atoms with Crippen molar-refractivity contribution in [2.75, 3.05) is 6.61 Å². The SMILES string of the molecule is CCC(C)c1ccc(OC(C)OCC2CCC(c3cc(C(C)CC)ccc3O)CC2)cc1. The number of benzene rings is 2. The highest BCUT2D eigenvalue weighted by atomic mass is 16.7. The lowest BCUT2D eigenvalue weighted by atomic mass is 9.78. The molecule has 3 heteroatoms. The summed E-state index contributed by atoms with van der Waals surface area (Å²) in [6, 6.07) is 14.6. The topological polar surface area (TPSA) is 38.7 Å². The van der Waals surface area contributed by atoms with Gasteiger partial charge in [-0.05, 0) is 104 Å². The van der Waals surface area contributed by atoms with Crippen LogP contribution in [0.15, 0.2) is 42.5 Å². The highest BCUT2D eigenvalue weighted by molar-refractivity contribution is 5.40. The van der Waals surface area contributed by atoms with Gasteiger partial charge in [-0.3, -0.25) is 0 Å². The average Bonchev–Trinajstić information content (AvgIpc) is 2.83. The van der Waals surface area contributed by atoms with Gasteiger partial charge in [-0.15, -0.1) is 0 Å². The third kappa shape index (κ3) is 6.51. The second-order valence-electron chi connectivity index (χ2n) is 9.74. The van der Waals surface area contributed by atoms with E-state index in [1.165, 1.54) is 11.1 Å². The molecule has 1 aliphatic rings. The van der Waals surface area contributed by atoms with E-state index >= 15 is 0 Å². The number of aromatic hydroxyl groups is 1. The average molecular weight is 439 g/mol. The van der Waals surface area contributed by atoms with Gasteiger partial charge in [0.15, 0.2) is 6.29 Å². The quantitative estimate of drug-likeness (QED) is 0.380. The van der Waals surface area contributed by atoms with Gasteiger partial charge in [-0.1, -0.05) is 52.0 Å². The van der Waals surface area contributed by atoms with Crippen molar-refractivity contribution < 1.29 is 14.6 Å². The molecule has 0 radical (unpaired) electrons. The first-order valence-electron chi connectivity index (χ1n) is 12.6. The maximum Gasteiger partial charge on any atom is 0.196 e. The van der Waals surface area contributed by atoms with Crippen LogP contribution in [0.5, 0.6) is 11.5 Å². The highest BCUT2D eigenvalue weighted by Crippen LogP contribution is 2.40. The Kier molecular flexibility index (Phi) is 9.04. The Labute approximate surface area is 195 Å². The first kappa shape index (κ1) is 24.6. The van der Waals surface area contributed by atoms with Gasteiger partial charge in [0.25, 0.3) is 0 Å². The Morgan fingerprint density at radius 1 is 0.844 bits per heavy atom. The molecule has 0 amide bonds. The summed E-state index contributed by atoms with van der Waals surface area (Å²) in [4.78, 5) is 0. The molecule has 3 unspecified atom stereocenters. The van der Waals surface area contributed by atoms with E-state index in [-0.39, 0.29) is 6.29 Å². The van der Waals surface area contributed by atoms with Crippen LogP contribution in [0.25, 0.3) is 0 Å². The van der Waals surface area contributed by atoms with Crippen molar-refractivity contribution in [3.05, 3.63) is 59.2 Å². The molecule has 3 atom stereocenters. The van der Waals surface area contributed by atoms with Crippen molar-refractivity contribution in [1.82, 2.24) is 0 Å². The normalized spacial score (nSPS) is 21.7. The first-order chi connectivity index (χ1) is 15.4. The van der Waals surface area contributed by atoms with E-state index in [4.69, 9.17) is 9.47 Å². The van der Waals surface area contributed by atoms with Crippen molar-refractivity contribution in [3.63, 3.8) is 0 Å². The number of phenolic OH excluding ortho intramolecular Hbond substituents is 1. The van der Waals surface area contributed by atoms with Crippen LogP contribution < -0.4 is 4.74 Å². The van der Waals surface area contributed by atoms with Crippen LogP contribution in [0, 0.1) is 5.92 Å². The van der Waals surface area contributed by atoms with E-state index in [0.717, 1.165) is 56.4 Å². The number of rotatable bonds is 10. The summed E-state index contributed by atoms with van der Waals surface area (Å²) in [5, 5.41) is 10.4.